The highest BCUT2D eigenvalue weighted by molar-refractivity contribution is 6.18. The van der Waals surface area contributed by atoms with E-state index in [0.29, 0.717) is 24.9 Å². The maximum absolute atomic E-state index is 6.42. The summed E-state index contributed by atoms with van der Waals surface area (Å²) < 4.78 is 0. The summed E-state index contributed by atoms with van der Waals surface area (Å²) in [5.41, 5.74) is 26.4. The molecule has 2 aromatic rings. The van der Waals surface area contributed by atoms with Gasteiger partial charge in [-0.15, -0.1) is 23.2 Å². The summed E-state index contributed by atoms with van der Waals surface area (Å²) in [5, 5.41) is 0. The average molecular weight is 466 g/mol. The van der Waals surface area contributed by atoms with Gasteiger partial charge in [0.05, 0.1) is 18.8 Å². The van der Waals surface area contributed by atoms with Crippen LogP contribution in [0.4, 0.5) is 11.4 Å². The largest absolute Gasteiger partial charge is 0.398 e. The molecule has 0 aliphatic heterocycles. The van der Waals surface area contributed by atoms with Crippen molar-refractivity contribution >= 4 is 40.5 Å². The molecule has 0 atom stereocenters. The van der Waals surface area contributed by atoms with Crippen LogP contribution in [0.3, 0.4) is 0 Å². The molecule has 0 fully saturated rings. The number of aryl methyl sites for hydroxylation is 2. The Morgan fingerprint density at radius 2 is 1.58 bits per heavy atom. The molecular formula is C23H33Cl2N5O. The van der Waals surface area contributed by atoms with Crippen molar-refractivity contribution in [2.45, 2.75) is 45.1 Å². The zero-order valence-corrected chi connectivity index (χ0v) is 19.4. The van der Waals surface area contributed by atoms with E-state index in [-0.39, 0.29) is 5.96 Å². The Bertz CT molecular complexity index is 823. The zero-order chi connectivity index (χ0) is 22.5. The Hall–Kier alpha value is -2.15. The van der Waals surface area contributed by atoms with E-state index in [2.05, 4.69) is 22.6 Å². The Balaban J connectivity index is 1.68. The van der Waals surface area contributed by atoms with E-state index in [0.717, 1.165) is 61.0 Å². The van der Waals surface area contributed by atoms with Gasteiger partial charge in [0.2, 0.25) is 0 Å². The van der Waals surface area contributed by atoms with E-state index in [9.17, 15) is 0 Å². The van der Waals surface area contributed by atoms with Crippen LogP contribution in [-0.2, 0) is 30.6 Å². The monoisotopic (exact) mass is 465 g/mol. The van der Waals surface area contributed by atoms with E-state index in [1.165, 1.54) is 11.1 Å². The number of nitrogen functional groups attached to an aromatic ring is 1. The molecule has 2 aromatic carbocycles. The number of rotatable bonds is 14. The third-order valence-electron chi connectivity index (χ3n) is 5.03. The first kappa shape index (κ1) is 25.1. The Kier molecular flexibility index (Phi) is 11.4. The van der Waals surface area contributed by atoms with E-state index in [1.54, 1.807) is 0 Å². The fourth-order valence-corrected chi connectivity index (χ4v) is 3.76. The molecule has 6 nitrogen and oxygen atoms in total. The van der Waals surface area contributed by atoms with Crippen molar-refractivity contribution in [3.63, 3.8) is 0 Å². The van der Waals surface area contributed by atoms with Gasteiger partial charge in [0.1, 0.15) is 0 Å². The molecule has 31 heavy (non-hydrogen) atoms. The van der Waals surface area contributed by atoms with Gasteiger partial charge in [-0.1, -0.05) is 30.7 Å². The van der Waals surface area contributed by atoms with Gasteiger partial charge in [-0.05, 0) is 66.5 Å². The fraction of sp³-hybridized carbons (Fsp3) is 0.435. The summed E-state index contributed by atoms with van der Waals surface area (Å²) in [7, 11) is 0. The van der Waals surface area contributed by atoms with Gasteiger partial charge in [0, 0.05) is 17.4 Å². The van der Waals surface area contributed by atoms with Crippen molar-refractivity contribution in [1.29, 1.82) is 0 Å². The van der Waals surface area contributed by atoms with Crippen LogP contribution >= 0.6 is 23.2 Å². The summed E-state index contributed by atoms with van der Waals surface area (Å²) in [6, 6.07) is 12.1. The van der Waals surface area contributed by atoms with Crippen LogP contribution in [0, 0.1) is 0 Å². The molecule has 0 spiro atoms. The second-order valence-electron chi connectivity index (χ2n) is 7.35. The molecule has 0 saturated carbocycles. The number of nitrogens with one attached hydrogen (secondary N) is 1. The second-order valence-corrected chi connectivity index (χ2v) is 8.11. The maximum atomic E-state index is 6.42. The lowest BCUT2D eigenvalue weighted by Crippen LogP contribution is -2.22. The van der Waals surface area contributed by atoms with Gasteiger partial charge in [0.25, 0.3) is 0 Å². The molecule has 7 N–H and O–H groups in total. The predicted molar refractivity (Wildman–Crippen MR) is 133 cm³/mol. The molecule has 8 heteroatoms. The Labute approximate surface area is 195 Å². The lowest BCUT2D eigenvalue weighted by molar-refractivity contribution is 0.187. The molecular weight excluding hydrogens is 433 g/mol. The van der Waals surface area contributed by atoms with Crippen molar-refractivity contribution < 1.29 is 4.84 Å². The molecule has 0 radical (unpaired) electrons. The number of nitrogens with zero attached hydrogens (tertiary/aromatic N) is 1. The van der Waals surface area contributed by atoms with E-state index >= 15 is 0 Å². The summed E-state index contributed by atoms with van der Waals surface area (Å²) in [5.74, 6) is 1.24. The molecule has 0 bridgehead atoms. The minimum absolute atomic E-state index is 0.0901. The van der Waals surface area contributed by atoms with E-state index < -0.39 is 0 Å². The van der Waals surface area contributed by atoms with Crippen molar-refractivity contribution in [1.82, 2.24) is 0 Å². The second kappa shape index (κ2) is 14.0. The molecule has 170 valence electrons. The van der Waals surface area contributed by atoms with E-state index in [1.807, 2.05) is 24.3 Å². The smallest absolute Gasteiger partial charge is 0.186 e. The van der Waals surface area contributed by atoms with Gasteiger partial charge in [-0.25, -0.2) is 4.99 Å². The van der Waals surface area contributed by atoms with Crippen LogP contribution in [0.25, 0.3) is 0 Å². The normalized spacial score (nSPS) is 10.8. The van der Waals surface area contributed by atoms with Gasteiger partial charge in [-0.3, -0.25) is 10.3 Å². The molecule has 0 aromatic heterocycles. The molecule has 0 aliphatic carbocycles. The summed E-state index contributed by atoms with van der Waals surface area (Å²) in [6.07, 6.45) is 5.64. The first-order chi connectivity index (χ1) is 15.0. The predicted octanol–water partition coefficient (Wildman–Crippen LogP) is 4.36. The zero-order valence-electron chi connectivity index (χ0n) is 17.9. The van der Waals surface area contributed by atoms with Crippen LogP contribution in [0.1, 0.15) is 41.5 Å². The average Bonchev–Trinajstić information content (AvgIpc) is 2.76. The number of alkyl halides is 2. The number of guanidine groups is 1. The molecule has 0 aliphatic rings. The highest BCUT2D eigenvalue weighted by atomic mass is 35.5. The number of unbranched alkanes of at least 4 members (excludes halogenated alkanes) is 2. The number of hydrogen-bond donors (Lipinski definition) is 4. The number of hydrogen-bond acceptors (Lipinski definition) is 4. The van der Waals surface area contributed by atoms with Gasteiger partial charge in [0.15, 0.2) is 5.96 Å². The first-order valence-corrected chi connectivity index (χ1v) is 11.6. The molecule has 2 rings (SSSR count). The summed E-state index contributed by atoms with van der Waals surface area (Å²) in [4.78, 5) is 9.54. The topological polar surface area (TPSA) is 112 Å². The van der Waals surface area contributed by atoms with E-state index in [4.69, 9.17) is 45.2 Å². The number of benzene rings is 2. The standard InChI is InChI=1S/C23H33Cl2N5O/c24-13-11-18-7-8-19(22(26)21(18)12-14-25)4-2-1-3-15-31-30-20-9-5-17(6-10-20)16-29-23(27)28/h5-10,30H,1-4,11-16,26H2,(H4,27,28,29). The van der Waals surface area contributed by atoms with Gasteiger partial charge >= 0.3 is 0 Å². The third-order valence-corrected chi connectivity index (χ3v) is 5.41. The Morgan fingerprint density at radius 1 is 0.871 bits per heavy atom. The highest BCUT2D eigenvalue weighted by Gasteiger charge is 2.10. The van der Waals surface area contributed by atoms with Crippen LogP contribution in [0.15, 0.2) is 41.4 Å². The fourth-order valence-electron chi connectivity index (χ4n) is 3.36. The number of halogens is 2. The van der Waals surface area contributed by atoms with Crippen LogP contribution in [-0.4, -0.2) is 24.3 Å². The number of anilines is 2. The quantitative estimate of drug-likeness (QED) is 0.0826. The highest BCUT2D eigenvalue weighted by Crippen LogP contribution is 2.25. The summed E-state index contributed by atoms with van der Waals surface area (Å²) >= 11 is 11.9. The minimum atomic E-state index is 0.0901. The third kappa shape index (κ3) is 8.85. The minimum Gasteiger partial charge on any atom is -0.398 e. The molecule has 0 unspecified atom stereocenters. The first-order valence-electron chi connectivity index (χ1n) is 10.6. The maximum Gasteiger partial charge on any atom is 0.186 e. The number of aliphatic imine (C=N–C) groups is 1. The van der Waals surface area contributed by atoms with Crippen molar-refractivity contribution in [3.05, 3.63) is 58.7 Å². The lowest BCUT2D eigenvalue weighted by atomic mass is 9.95. The van der Waals surface area contributed by atoms with Crippen molar-refractivity contribution in [2.75, 3.05) is 29.6 Å². The summed E-state index contributed by atoms with van der Waals surface area (Å²) in [6.45, 7) is 1.11. The van der Waals surface area contributed by atoms with Crippen molar-refractivity contribution in [2.24, 2.45) is 16.5 Å². The number of nitrogens with two attached hydrogens (primary N) is 3. The van der Waals surface area contributed by atoms with Gasteiger partial charge in [-0.2, -0.15) is 0 Å². The lowest BCUT2D eigenvalue weighted by Gasteiger charge is -2.15. The molecule has 0 amide bonds. The van der Waals surface area contributed by atoms with Crippen molar-refractivity contribution in [3.8, 4) is 0 Å². The van der Waals surface area contributed by atoms with Crippen LogP contribution in [0.5, 0.6) is 0 Å². The SMILES string of the molecule is NC(N)=NCc1ccc(NOCCCCCc2ccc(CCCl)c(CCCl)c2N)cc1. The van der Waals surface area contributed by atoms with Crippen LogP contribution < -0.4 is 22.7 Å². The Morgan fingerprint density at radius 3 is 2.26 bits per heavy atom. The molecule has 0 heterocycles. The molecule has 0 saturated heterocycles. The van der Waals surface area contributed by atoms with Crippen LogP contribution in [0.2, 0.25) is 0 Å². The van der Waals surface area contributed by atoms with Gasteiger partial charge < -0.3 is 17.2 Å².